The van der Waals surface area contributed by atoms with Crippen LogP contribution in [0.2, 0.25) is 0 Å². The molecular weight excluding hydrogens is 370 g/mol. The zero-order chi connectivity index (χ0) is 16.3. The highest BCUT2D eigenvalue weighted by Gasteiger charge is 2.23. The van der Waals surface area contributed by atoms with Gasteiger partial charge in [-0.15, -0.1) is 0 Å². The molecule has 6 nitrogen and oxygen atoms in total. The minimum atomic E-state index is -3.42. The molecule has 2 amide bonds. The molecule has 1 aromatic carbocycles. The van der Waals surface area contributed by atoms with Crippen molar-refractivity contribution >= 4 is 37.7 Å². The van der Waals surface area contributed by atoms with E-state index >= 15 is 0 Å². The number of urea groups is 1. The molecule has 1 saturated carbocycles. The van der Waals surface area contributed by atoms with Gasteiger partial charge in [0.25, 0.3) is 0 Å². The van der Waals surface area contributed by atoms with Gasteiger partial charge in [-0.05, 0) is 37.5 Å². The second kappa shape index (κ2) is 6.87. The number of benzene rings is 1. The van der Waals surface area contributed by atoms with E-state index in [9.17, 15) is 13.2 Å². The van der Waals surface area contributed by atoms with Crippen LogP contribution in [0.25, 0.3) is 0 Å². The van der Waals surface area contributed by atoms with E-state index in [0.717, 1.165) is 29.1 Å². The first kappa shape index (κ1) is 17.1. The molecule has 1 aliphatic carbocycles. The minimum Gasteiger partial charge on any atom is -0.336 e. The molecule has 122 valence electrons. The number of carbonyl (C=O) groups is 1. The summed E-state index contributed by atoms with van der Waals surface area (Å²) < 4.78 is 26.1. The van der Waals surface area contributed by atoms with Crippen molar-refractivity contribution in [1.29, 1.82) is 0 Å². The van der Waals surface area contributed by atoms with Gasteiger partial charge in [0.1, 0.15) is 0 Å². The van der Waals surface area contributed by atoms with Gasteiger partial charge in [0.05, 0.1) is 18.5 Å². The number of carbonyl (C=O) groups excluding carboxylic acids is 1. The summed E-state index contributed by atoms with van der Waals surface area (Å²) in [6.45, 7) is 2.37. The van der Waals surface area contributed by atoms with Crippen LogP contribution in [0.5, 0.6) is 0 Å². The number of anilines is 1. The number of rotatable bonds is 6. The highest BCUT2D eigenvalue weighted by molar-refractivity contribution is 9.10. The Bertz CT molecular complexity index is 659. The molecule has 0 bridgehead atoms. The molecule has 0 spiro atoms. The van der Waals surface area contributed by atoms with Crippen LogP contribution in [0.4, 0.5) is 10.5 Å². The smallest absolute Gasteiger partial charge is 0.315 e. The second-order valence-electron chi connectivity index (χ2n) is 5.44. The van der Waals surface area contributed by atoms with Gasteiger partial charge < -0.3 is 10.6 Å². The van der Waals surface area contributed by atoms with Gasteiger partial charge in [0.15, 0.2) is 0 Å². The van der Waals surface area contributed by atoms with Crippen LogP contribution in [-0.4, -0.2) is 39.8 Å². The Balaban J connectivity index is 2.00. The van der Waals surface area contributed by atoms with Crippen molar-refractivity contribution in [1.82, 2.24) is 10.6 Å². The van der Waals surface area contributed by atoms with Gasteiger partial charge in [-0.3, -0.25) is 4.31 Å². The number of halogens is 1. The third-order valence-corrected chi connectivity index (χ3v) is 5.41. The first-order chi connectivity index (χ1) is 10.3. The molecule has 22 heavy (non-hydrogen) atoms. The van der Waals surface area contributed by atoms with Crippen molar-refractivity contribution in [2.45, 2.75) is 25.8 Å². The van der Waals surface area contributed by atoms with E-state index in [0.29, 0.717) is 5.69 Å². The summed E-state index contributed by atoms with van der Waals surface area (Å²) >= 11 is 3.41. The van der Waals surface area contributed by atoms with E-state index in [1.165, 1.54) is 4.31 Å². The summed E-state index contributed by atoms with van der Waals surface area (Å²) in [5.74, 6) is 0. The summed E-state index contributed by atoms with van der Waals surface area (Å²) in [5, 5.41) is 5.48. The molecule has 1 fully saturated rings. The number of amides is 2. The fraction of sp³-hybridized carbons (Fsp3) is 0.500. The van der Waals surface area contributed by atoms with Gasteiger partial charge in [-0.25, -0.2) is 13.2 Å². The van der Waals surface area contributed by atoms with Crippen LogP contribution in [0.3, 0.4) is 0 Å². The zero-order valence-corrected chi connectivity index (χ0v) is 15.0. The van der Waals surface area contributed by atoms with Crippen molar-refractivity contribution in [3.63, 3.8) is 0 Å². The van der Waals surface area contributed by atoms with Crippen molar-refractivity contribution in [3.05, 3.63) is 28.2 Å². The van der Waals surface area contributed by atoms with Gasteiger partial charge in [-0.2, -0.15) is 0 Å². The van der Waals surface area contributed by atoms with Crippen molar-refractivity contribution < 1.29 is 13.2 Å². The number of sulfonamides is 1. The highest BCUT2D eigenvalue weighted by Crippen LogP contribution is 2.25. The number of hydrogen-bond acceptors (Lipinski definition) is 3. The third-order valence-electron chi connectivity index (χ3n) is 3.36. The van der Waals surface area contributed by atoms with E-state index in [1.54, 1.807) is 12.1 Å². The van der Waals surface area contributed by atoms with Crippen LogP contribution in [-0.2, 0) is 10.0 Å². The van der Waals surface area contributed by atoms with Crippen molar-refractivity contribution in [2.75, 3.05) is 23.7 Å². The fourth-order valence-corrected chi connectivity index (χ4v) is 3.24. The maximum absolute atomic E-state index is 12.0. The Morgan fingerprint density at radius 1 is 1.41 bits per heavy atom. The molecule has 0 heterocycles. The molecule has 0 saturated heterocycles. The zero-order valence-electron chi connectivity index (χ0n) is 12.6. The van der Waals surface area contributed by atoms with Gasteiger partial charge in [-0.1, -0.05) is 22.0 Å². The third kappa shape index (κ3) is 4.88. The molecule has 0 radical (unpaired) electrons. The largest absolute Gasteiger partial charge is 0.336 e. The molecule has 0 atom stereocenters. The number of aryl methyl sites for hydroxylation is 1. The average Bonchev–Trinajstić information content (AvgIpc) is 3.20. The number of hydrogen-bond donors (Lipinski definition) is 2. The molecule has 0 aliphatic heterocycles. The van der Waals surface area contributed by atoms with Gasteiger partial charge in [0.2, 0.25) is 10.0 Å². The van der Waals surface area contributed by atoms with Crippen LogP contribution in [0.1, 0.15) is 18.4 Å². The summed E-state index contributed by atoms with van der Waals surface area (Å²) in [7, 11) is -3.42. The van der Waals surface area contributed by atoms with E-state index in [-0.39, 0.29) is 25.2 Å². The second-order valence-corrected chi connectivity index (χ2v) is 8.20. The molecule has 0 aromatic heterocycles. The summed E-state index contributed by atoms with van der Waals surface area (Å²) in [6, 6.07) is 5.40. The first-order valence-corrected chi connectivity index (χ1v) is 9.70. The predicted molar refractivity (Wildman–Crippen MR) is 90.6 cm³/mol. The number of nitrogens with zero attached hydrogens (tertiary/aromatic N) is 1. The van der Waals surface area contributed by atoms with E-state index < -0.39 is 10.0 Å². The topological polar surface area (TPSA) is 78.5 Å². The van der Waals surface area contributed by atoms with Crippen LogP contribution < -0.4 is 14.9 Å². The lowest BCUT2D eigenvalue weighted by atomic mass is 10.2. The Hall–Kier alpha value is -1.28. The van der Waals surface area contributed by atoms with Crippen LogP contribution in [0.15, 0.2) is 22.7 Å². The van der Waals surface area contributed by atoms with Crippen LogP contribution >= 0.6 is 15.9 Å². The van der Waals surface area contributed by atoms with Crippen molar-refractivity contribution in [2.24, 2.45) is 0 Å². The molecule has 1 aliphatic rings. The molecule has 8 heteroatoms. The number of nitrogens with one attached hydrogen (secondary N) is 2. The predicted octanol–water partition coefficient (Wildman–Crippen LogP) is 1.99. The summed E-state index contributed by atoms with van der Waals surface area (Å²) in [5.41, 5.74) is 1.60. The molecule has 2 rings (SSSR count). The Morgan fingerprint density at radius 2 is 2.09 bits per heavy atom. The molecule has 2 N–H and O–H groups in total. The fourth-order valence-electron chi connectivity index (χ4n) is 1.96. The normalized spacial score (nSPS) is 14.5. The monoisotopic (exact) mass is 389 g/mol. The summed E-state index contributed by atoms with van der Waals surface area (Å²) in [4.78, 5) is 11.6. The van der Waals surface area contributed by atoms with Gasteiger partial charge >= 0.3 is 6.03 Å². The standard InChI is InChI=1S/C14H20BrN3O3S/c1-10-3-6-12(9-13(10)15)18(22(2,20)21)8-7-16-14(19)17-11-4-5-11/h3,6,9,11H,4-5,7-8H2,1-2H3,(H2,16,17,19). The van der Waals surface area contributed by atoms with E-state index in [2.05, 4.69) is 26.6 Å². The average molecular weight is 390 g/mol. The lowest BCUT2D eigenvalue weighted by Crippen LogP contribution is -2.42. The Labute approximate surface area is 139 Å². The molecule has 0 unspecified atom stereocenters. The minimum absolute atomic E-state index is 0.187. The van der Waals surface area contributed by atoms with Gasteiger partial charge in [0, 0.05) is 17.1 Å². The maximum Gasteiger partial charge on any atom is 0.315 e. The SMILES string of the molecule is Cc1ccc(N(CCNC(=O)NC2CC2)S(C)(=O)=O)cc1Br. The Kier molecular flexibility index (Phi) is 5.33. The first-order valence-electron chi connectivity index (χ1n) is 7.05. The Morgan fingerprint density at radius 3 is 2.64 bits per heavy atom. The lowest BCUT2D eigenvalue weighted by molar-refractivity contribution is 0.241. The van der Waals surface area contributed by atoms with Crippen LogP contribution in [0, 0.1) is 6.92 Å². The van der Waals surface area contributed by atoms with Crippen molar-refractivity contribution in [3.8, 4) is 0 Å². The molecule has 1 aromatic rings. The highest BCUT2D eigenvalue weighted by atomic mass is 79.9. The molecular formula is C14H20BrN3O3S. The lowest BCUT2D eigenvalue weighted by Gasteiger charge is -2.23. The van der Waals surface area contributed by atoms with E-state index in [1.807, 2.05) is 13.0 Å². The quantitative estimate of drug-likeness (QED) is 0.780. The maximum atomic E-state index is 12.0. The summed E-state index contributed by atoms with van der Waals surface area (Å²) in [6.07, 6.45) is 3.19. The van der Waals surface area contributed by atoms with E-state index in [4.69, 9.17) is 0 Å².